The Bertz CT molecular complexity index is 594. The second kappa shape index (κ2) is 6.55. The molecule has 5 nitrogen and oxygen atoms in total. The van der Waals surface area contributed by atoms with E-state index in [1.807, 2.05) is 6.92 Å². The van der Waals surface area contributed by atoms with Crippen molar-refractivity contribution in [2.45, 2.75) is 32.2 Å². The Morgan fingerprint density at radius 2 is 1.86 bits per heavy atom. The van der Waals surface area contributed by atoms with Crippen LogP contribution in [0.4, 0.5) is 20.4 Å². The molecule has 21 heavy (non-hydrogen) atoms. The van der Waals surface area contributed by atoms with Gasteiger partial charge >= 0.3 is 0 Å². The number of nitrogens with zero attached hydrogens (tertiary/aromatic N) is 1. The van der Waals surface area contributed by atoms with Gasteiger partial charge in [0.2, 0.25) is 0 Å². The standard InChI is InChI=1S/C13H19F2N3O2S/c1-2-5-16-12-10(14)8-11(15)13(18-12)17-9-3-6-21(19,20)7-4-9/h8-9H,2-7H2,1H3,(H2,16,17,18). The molecule has 118 valence electrons. The van der Waals surface area contributed by atoms with Crippen LogP contribution in [0.1, 0.15) is 26.2 Å². The van der Waals surface area contributed by atoms with Crippen LogP contribution in [0.2, 0.25) is 0 Å². The van der Waals surface area contributed by atoms with Gasteiger partial charge in [0, 0.05) is 18.7 Å². The van der Waals surface area contributed by atoms with Gasteiger partial charge in [0.15, 0.2) is 23.3 Å². The molecule has 2 rings (SSSR count). The number of rotatable bonds is 5. The summed E-state index contributed by atoms with van der Waals surface area (Å²) in [4.78, 5) is 3.92. The van der Waals surface area contributed by atoms with Crippen molar-refractivity contribution >= 4 is 21.5 Å². The second-order valence-corrected chi connectivity index (χ2v) is 7.45. The van der Waals surface area contributed by atoms with Gasteiger partial charge in [-0.25, -0.2) is 22.2 Å². The minimum atomic E-state index is -2.97. The highest BCUT2D eigenvalue weighted by Gasteiger charge is 2.24. The van der Waals surface area contributed by atoms with E-state index in [1.54, 1.807) is 0 Å². The van der Waals surface area contributed by atoms with Crippen LogP contribution in [0.3, 0.4) is 0 Å². The first kappa shape index (κ1) is 15.9. The third-order valence-electron chi connectivity index (χ3n) is 3.37. The number of pyridine rings is 1. The molecule has 1 aromatic rings. The Morgan fingerprint density at radius 3 is 2.48 bits per heavy atom. The maximum atomic E-state index is 13.7. The summed E-state index contributed by atoms with van der Waals surface area (Å²) in [7, 11) is -2.97. The normalized spacial score (nSPS) is 18.4. The molecular weight excluding hydrogens is 300 g/mol. The molecule has 8 heteroatoms. The Kier molecular flexibility index (Phi) is 4.97. The molecule has 0 radical (unpaired) electrons. The molecular formula is C13H19F2N3O2S. The fourth-order valence-electron chi connectivity index (χ4n) is 2.16. The summed E-state index contributed by atoms with van der Waals surface area (Å²) in [5.41, 5.74) is 0. The van der Waals surface area contributed by atoms with Crippen molar-refractivity contribution in [3.63, 3.8) is 0 Å². The third kappa shape index (κ3) is 4.26. The smallest absolute Gasteiger partial charge is 0.168 e. The first-order valence-electron chi connectivity index (χ1n) is 6.98. The SMILES string of the molecule is CCCNc1nc(NC2CCS(=O)(=O)CC2)c(F)cc1F. The summed E-state index contributed by atoms with van der Waals surface area (Å²) in [6.07, 6.45) is 1.60. The average molecular weight is 319 g/mol. The summed E-state index contributed by atoms with van der Waals surface area (Å²) in [6.45, 7) is 2.47. The van der Waals surface area contributed by atoms with Crippen LogP contribution in [-0.4, -0.2) is 37.5 Å². The first-order chi connectivity index (χ1) is 9.91. The molecule has 0 amide bonds. The van der Waals surface area contributed by atoms with Crippen molar-refractivity contribution in [3.8, 4) is 0 Å². The summed E-state index contributed by atoms with van der Waals surface area (Å²) in [5, 5.41) is 5.67. The van der Waals surface area contributed by atoms with Gasteiger partial charge in [0.1, 0.15) is 9.84 Å². The number of nitrogens with one attached hydrogen (secondary N) is 2. The predicted octanol–water partition coefficient (Wildman–Crippen LogP) is 2.17. The molecule has 0 spiro atoms. The molecule has 2 heterocycles. The molecule has 1 saturated heterocycles. The van der Waals surface area contributed by atoms with E-state index in [9.17, 15) is 17.2 Å². The Balaban J connectivity index is 2.09. The average Bonchev–Trinajstić information content (AvgIpc) is 2.42. The molecule has 0 saturated carbocycles. The minimum absolute atomic E-state index is 0.00387. The fourth-order valence-corrected chi connectivity index (χ4v) is 3.65. The monoisotopic (exact) mass is 319 g/mol. The van der Waals surface area contributed by atoms with Crippen molar-refractivity contribution in [1.82, 2.24) is 4.98 Å². The number of anilines is 2. The Hall–Kier alpha value is -1.44. The largest absolute Gasteiger partial charge is 0.368 e. The van der Waals surface area contributed by atoms with E-state index in [4.69, 9.17) is 0 Å². The fraction of sp³-hybridized carbons (Fsp3) is 0.615. The Morgan fingerprint density at radius 1 is 1.24 bits per heavy atom. The summed E-state index contributed by atoms with van der Waals surface area (Å²) in [6, 6.07) is 0.618. The van der Waals surface area contributed by atoms with E-state index in [0.717, 1.165) is 12.5 Å². The number of sulfone groups is 1. The van der Waals surface area contributed by atoms with Crippen LogP contribution in [0, 0.1) is 11.6 Å². The van der Waals surface area contributed by atoms with Gasteiger partial charge in [-0.05, 0) is 19.3 Å². The lowest BCUT2D eigenvalue weighted by Gasteiger charge is -2.24. The van der Waals surface area contributed by atoms with E-state index >= 15 is 0 Å². The second-order valence-electron chi connectivity index (χ2n) is 5.15. The lowest BCUT2D eigenvalue weighted by atomic mass is 10.1. The van der Waals surface area contributed by atoms with Gasteiger partial charge in [-0.2, -0.15) is 0 Å². The number of halogens is 2. The van der Waals surface area contributed by atoms with E-state index in [1.165, 1.54) is 0 Å². The van der Waals surface area contributed by atoms with Crippen LogP contribution in [0.5, 0.6) is 0 Å². The molecule has 1 aromatic heterocycles. The van der Waals surface area contributed by atoms with Crippen LogP contribution >= 0.6 is 0 Å². The zero-order valence-electron chi connectivity index (χ0n) is 11.8. The van der Waals surface area contributed by atoms with Crippen LogP contribution < -0.4 is 10.6 Å². The maximum absolute atomic E-state index is 13.7. The van der Waals surface area contributed by atoms with E-state index in [2.05, 4.69) is 15.6 Å². The molecule has 1 fully saturated rings. The van der Waals surface area contributed by atoms with Gasteiger partial charge < -0.3 is 10.6 Å². The molecule has 0 atom stereocenters. The van der Waals surface area contributed by atoms with Gasteiger partial charge in [-0.15, -0.1) is 0 Å². The molecule has 1 aliphatic heterocycles. The summed E-state index contributed by atoms with van der Waals surface area (Å²) in [5.74, 6) is -1.40. The highest BCUT2D eigenvalue weighted by molar-refractivity contribution is 7.91. The van der Waals surface area contributed by atoms with Crippen molar-refractivity contribution in [2.24, 2.45) is 0 Å². The van der Waals surface area contributed by atoms with Crippen molar-refractivity contribution in [3.05, 3.63) is 17.7 Å². The maximum Gasteiger partial charge on any atom is 0.168 e. The van der Waals surface area contributed by atoms with Crippen molar-refractivity contribution in [2.75, 3.05) is 28.7 Å². The predicted molar refractivity (Wildman–Crippen MR) is 78.2 cm³/mol. The molecule has 0 unspecified atom stereocenters. The van der Waals surface area contributed by atoms with Crippen LogP contribution in [-0.2, 0) is 9.84 Å². The van der Waals surface area contributed by atoms with Gasteiger partial charge in [0.05, 0.1) is 11.5 Å². The van der Waals surface area contributed by atoms with E-state index in [0.29, 0.717) is 19.4 Å². The van der Waals surface area contributed by atoms with Gasteiger partial charge in [-0.3, -0.25) is 0 Å². The van der Waals surface area contributed by atoms with Gasteiger partial charge in [-0.1, -0.05) is 6.92 Å². The number of hydrogen-bond acceptors (Lipinski definition) is 5. The molecule has 0 bridgehead atoms. The summed E-state index contributed by atoms with van der Waals surface area (Å²) < 4.78 is 50.0. The van der Waals surface area contributed by atoms with E-state index in [-0.39, 0.29) is 29.2 Å². The molecule has 2 N–H and O–H groups in total. The Labute approximate surface area is 123 Å². The zero-order valence-corrected chi connectivity index (χ0v) is 12.6. The lowest BCUT2D eigenvalue weighted by molar-refractivity contribution is 0.551. The van der Waals surface area contributed by atoms with Crippen molar-refractivity contribution < 1.29 is 17.2 Å². The third-order valence-corrected chi connectivity index (χ3v) is 5.08. The lowest BCUT2D eigenvalue weighted by Crippen LogP contribution is -2.32. The highest BCUT2D eigenvalue weighted by Crippen LogP contribution is 2.22. The van der Waals surface area contributed by atoms with Crippen LogP contribution in [0.15, 0.2) is 6.07 Å². The zero-order chi connectivity index (χ0) is 15.5. The first-order valence-corrected chi connectivity index (χ1v) is 8.80. The van der Waals surface area contributed by atoms with Gasteiger partial charge in [0.25, 0.3) is 0 Å². The summed E-state index contributed by atoms with van der Waals surface area (Å²) >= 11 is 0. The molecule has 1 aliphatic rings. The topological polar surface area (TPSA) is 71.1 Å². The van der Waals surface area contributed by atoms with E-state index < -0.39 is 21.5 Å². The number of aromatic nitrogens is 1. The van der Waals surface area contributed by atoms with Crippen molar-refractivity contribution in [1.29, 1.82) is 0 Å². The number of hydrogen-bond donors (Lipinski definition) is 2. The quantitative estimate of drug-likeness (QED) is 0.870. The van der Waals surface area contributed by atoms with Crippen LogP contribution in [0.25, 0.3) is 0 Å². The highest BCUT2D eigenvalue weighted by atomic mass is 32.2. The molecule has 0 aliphatic carbocycles. The minimum Gasteiger partial charge on any atom is -0.368 e. The molecule has 0 aromatic carbocycles.